The van der Waals surface area contributed by atoms with Crippen LogP contribution in [-0.4, -0.2) is 73.6 Å². The van der Waals surface area contributed by atoms with Crippen LogP contribution in [0.5, 0.6) is 0 Å². The van der Waals surface area contributed by atoms with Gasteiger partial charge in [0.1, 0.15) is 23.1 Å². The number of amides is 2. The average Bonchev–Trinajstić information content (AvgIpc) is 2.97. The molecule has 41 heavy (non-hydrogen) atoms. The summed E-state index contributed by atoms with van der Waals surface area (Å²) >= 11 is 0. The molecule has 1 fully saturated rings. The maximum Gasteiger partial charge on any atom is 0.410 e. The van der Waals surface area contributed by atoms with E-state index >= 15 is 0 Å². The molecule has 5 rings (SSSR count). The van der Waals surface area contributed by atoms with Crippen molar-refractivity contribution in [2.24, 2.45) is 0 Å². The van der Waals surface area contributed by atoms with E-state index in [9.17, 15) is 9.59 Å². The summed E-state index contributed by atoms with van der Waals surface area (Å²) in [6.45, 7) is 7.87. The van der Waals surface area contributed by atoms with Crippen LogP contribution in [0.25, 0.3) is 11.3 Å². The molecule has 0 spiro atoms. The highest BCUT2D eigenvalue weighted by molar-refractivity contribution is 6.04. The van der Waals surface area contributed by atoms with Crippen LogP contribution in [0.3, 0.4) is 0 Å². The van der Waals surface area contributed by atoms with Gasteiger partial charge in [-0.15, -0.1) is 0 Å². The number of pyridine rings is 3. The Hall–Kier alpha value is -5.13. The molecule has 210 valence electrons. The van der Waals surface area contributed by atoms with Crippen LogP contribution >= 0.6 is 0 Å². The van der Waals surface area contributed by atoms with E-state index in [2.05, 4.69) is 35.5 Å². The Morgan fingerprint density at radius 1 is 0.878 bits per heavy atom. The molecule has 0 unspecified atom stereocenters. The largest absolute Gasteiger partial charge is 0.444 e. The molecule has 0 atom stereocenters. The standard InChI is InChI=1S/C29H31N9O3/c1-29(2,3)41-28(40)38-13-11-37(12-14-38)26-15-20(6-8-33-26)23-16-22(34-27(39)21-5-4-7-30-18-21)17-24(35-23)36-25-19-31-9-10-32-25/h4-10,15-19H,11-14H2,1-3H3,(H2,32,34,35,36,39). The van der Waals surface area contributed by atoms with Crippen molar-refractivity contribution in [2.75, 3.05) is 41.7 Å². The minimum absolute atomic E-state index is 0.293. The molecule has 1 aliphatic heterocycles. The lowest BCUT2D eigenvalue weighted by Crippen LogP contribution is -2.50. The summed E-state index contributed by atoms with van der Waals surface area (Å²) in [6.07, 6.45) is 9.29. The number of rotatable bonds is 6. The Morgan fingerprint density at radius 2 is 1.68 bits per heavy atom. The predicted molar refractivity (Wildman–Crippen MR) is 155 cm³/mol. The molecule has 4 aromatic rings. The first-order chi connectivity index (χ1) is 19.7. The van der Waals surface area contributed by atoms with Gasteiger partial charge in [0, 0.05) is 74.5 Å². The Bertz CT molecular complexity index is 1500. The lowest BCUT2D eigenvalue weighted by molar-refractivity contribution is 0.0240. The number of hydrogen-bond acceptors (Lipinski definition) is 10. The van der Waals surface area contributed by atoms with Crippen LogP contribution in [0.2, 0.25) is 0 Å². The molecule has 5 heterocycles. The second-order valence-electron chi connectivity index (χ2n) is 10.4. The lowest BCUT2D eigenvalue weighted by Gasteiger charge is -2.36. The van der Waals surface area contributed by atoms with Gasteiger partial charge >= 0.3 is 6.09 Å². The number of aromatic nitrogens is 5. The fourth-order valence-electron chi connectivity index (χ4n) is 4.21. The van der Waals surface area contributed by atoms with E-state index in [1.807, 2.05) is 32.9 Å². The topological polar surface area (TPSA) is 138 Å². The van der Waals surface area contributed by atoms with Crippen molar-refractivity contribution in [1.29, 1.82) is 0 Å². The number of carbonyl (C=O) groups is 2. The molecular weight excluding hydrogens is 522 g/mol. The number of carbonyl (C=O) groups excluding carboxylic acids is 2. The number of ether oxygens (including phenoxy) is 1. The minimum Gasteiger partial charge on any atom is -0.444 e. The van der Waals surface area contributed by atoms with Gasteiger partial charge in [0.25, 0.3) is 5.91 Å². The van der Waals surface area contributed by atoms with Crippen LogP contribution in [0.15, 0.2) is 73.6 Å². The number of hydrogen-bond donors (Lipinski definition) is 2. The third kappa shape index (κ3) is 7.29. The zero-order chi connectivity index (χ0) is 28.8. The van der Waals surface area contributed by atoms with Gasteiger partial charge < -0.3 is 25.2 Å². The summed E-state index contributed by atoms with van der Waals surface area (Å²) in [5.74, 6) is 1.47. The number of nitrogens with one attached hydrogen (secondary N) is 2. The van der Waals surface area contributed by atoms with Crippen molar-refractivity contribution in [3.05, 3.63) is 79.1 Å². The van der Waals surface area contributed by atoms with Crippen molar-refractivity contribution in [3.8, 4) is 11.3 Å². The van der Waals surface area contributed by atoms with Crippen molar-refractivity contribution < 1.29 is 14.3 Å². The highest BCUT2D eigenvalue weighted by Crippen LogP contribution is 2.28. The second-order valence-corrected chi connectivity index (χ2v) is 10.4. The fourth-order valence-corrected chi connectivity index (χ4v) is 4.21. The van der Waals surface area contributed by atoms with E-state index in [0.29, 0.717) is 54.8 Å². The van der Waals surface area contributed by atoms with Crippen LogP contribution in [0.1, 0.15) is 31.1 Å². The number of piperazine rings is 1. The molecule has 0 bridgehead atoms. The van der Waals surface area contributed by atoms with Crippen LogP contribution in [0.4, 0.5) is 27.9 Å². The summed E-state index contributed by atoms with van der Waals surface area (Å²) in [4.78, 5) is 50.9. The zero-order valence-electron chi connectivity index (χ0n) is 23.1. The van der Waals surface area contributed by atoms with Gasteiger partial charge in [-0.2, -0.15) is 0 Å². The van der Waals surface area contributed by atoms with E-state index < -0.39 is 5.60 Å². The second kappa shape index (κ2) is 11.9. The van der Waals surface area contributed by atoms with Crippen LogP contribution in [0, 0.1) is 0 Å². The summed E-state index contributed by atoms with van der Waals surface area (Å²) in [7, 11) is 0. The van der Waals surface area contributed by atoms with Crippen molar-refractivity contribution in [3.63, 3.8) is 0 Å². The first-order valence-electron chi connectivity index (χ1n) is 13.2. The molecule has 0 saturated carbocycles. The van der Waals surface area contributed by atoms with Gasteiger partial charge in [0.2, 0.25) is 0 Å². The first kappa shape index (κ1) is 27.4. The van der Waals surface area contributed by atoms with Gasteiger partial charge in [-0.1, -0.05) is 0 Å². The molecular formula is C29H31N9O3. The lowest BCUT2D eigenvalue weighted by atomic mass is 10.1. The van der Waals surface area contributed by atoms with Gasteiger partial charge in [0.05, 0.1) is 17.5 Å². The minimum atomic E-state index is -0.538. The Labute approximate surface area is 237 Å². The first-order valence-corrected chi connectivity index (χ1v) is 13.2. The van der Waals surface area contributed by atoms with Gasteiger partial charge in [-0.25, -0.2) is 19.7 Å². The summed E-state index contributed by atoms with van der Waals surface area (Å²) in [5.41, 5.74) is 1.87. The SMILES string of the molecule is CC(C)(C)OC(=O)N1CCN(c2cc(-c3cc(NC(=O)c4cccnc4)cc(Nc4cnccn4)n3)ccn2)CC1. The van der Waals surface area contributed by atoms with Crippen molar-refractivity contribution in [1.82, 2.24) is 29.8 Å². The molecule has 1 aliphatic rings. The predicted octanol–water partition coefficient (Wildman–Crippen LogP) is 4.38. The summed E-state index contributed by atoms with van der Waals surface area (Å²) in [5, 5.41) is 6.09. The molecule has 12 heteroatoms. The number of anilines is 4. The third-order valence-electron chi connectivity index (χ3n) is 6.12. The molecule has 2 N–H and O–H groups in total. The van der Waals surface area contributed by atoms with E-state index in [4.69, 9.17) is 9.72 Å². The average molecular weight is 554 g/mol. The van der Waals surface area contributed by atoms with E-state index in [0.717, 1.165) is 11.4 Å². The molecule has 0 radical (unpaired) electrons. The summed E-state index contributed by atoms with van der Waals surface area (Å²) in [6, 6.07) is 10.7. The van der Waals surface area contributed by atoms with E-state index in [1.165, 1.54) is 6.20 Å². The van der Waals surface area contributed by atoms with Crippen molar-refractivity contribution in [2.45, 2.75) is 26.4 Å². The smallest absolute Gasteiger partial charge is 0.410 e. The van der Waals surface area contributed by atoms with E-state index in [1.54, 1.807) is 60.1 Å². The van der Waals surface area contributed by atoms with Crippen LogP contribution in [-0.2, 0) is 4.74 Å². The van der Waals surface area contributed by atoms with Gasteiger partial charge in [-0.05, 0) is 51.1 Å². The molecule has 12 nitrogen and oxygen atoms in total. The maximum atomic E-state index is 12.9. The third-order valence-corrected chi connectivity index (χ3v) is 6.12. The molecule has 2 amide bonds. The highest BCUT2D eigenvalue weighted by Gasteiger charge is 2.26. The molecule has 1 saturated heterocycles. The fraction of sp³-hybridized carbons (Fsp3) is 0.276. The Kier molecular flexibility index (Phi) is 7.99. The normalized spacial score (nSPS) is 13.4. The maximum absolute atomic E-state index is 12.9. The van der Waals surface area contributed by atoms with Crippen LogP contribution < -0.4 is 15.5 Å². The summed E-state index contributed by atoms with van der Waals surface area (Å²) < 4.78 is 5.51. The van der Waals surface area contributed by atoms with Gasteiger partial charge in [-0.3, -0.25) is 14.8 Å². The Morgan fingerprint density at radius 3 is 2.39 bits per heavy atom. The molecule has 4 aromatic heterocycles. The Balaban J connectivity index is 1.38. The van der Waals surface area contributed by atoms with Gasteiger partial charge in [0.15, 0.2) is 0 Å². The van der Waals surface area contributed by atoms with E-state index in [-0.39, 0.29) is 12.0 Å². The zero-order valence-corrected chi connectivity index (χ0v) is 23.1. The number of nitrogens with zero attached hydrogens (tertiary/aromatic N) is 7. The van der Waals surface area contributed by atoms with Crippen molar-refractivity contribution >= 4 is 35.1 Å². The molecule has 0 aliphatic carbocycles. The monoisotopic (exact) mass is 553 g/mol. The molecule has 0 aromatic carbocycles. The quantitative estimate of drug-likeness (QED) is 0.354. The highest BCUT2D eigenvalue weighted by atomic mass is 16.6.